The molecule has 3 rings (SSSR count). The third-order valence-corrected chi connectivity index (χ3v) is 6.05. The number of nitrogens with two attached hydrogens (primary N) is 1. The van der Waals surface area contributed by atoms with E-state index in [-0.39, 0.29) is 17.8 Å². The maximum atomic E-state index is 12.8. The lowest BCUT2D eigenvalue weighted by atomic mass is 9.74. The van der Waals surface area contributed by atoms with Gasteiger partial charge in [0, 0.05) is 30.9 Å². The number of hydrogen-bond acceptors (Lipinski definition) is 4. The minimum absolute atomic E-state index is 0.125. The van der Waals surface area contributed by atoms with Crippen molar-refractivity contribution in [1.29, 1.82) is 0 Å². The van der Waals surface area contributed by atoms with Crippen molar-refractivity contribution < 1.29 is 14.4 Å². The summed E-state index contributed by atoms with van der Waals surface area (Å²) in [6.45, 7) is 4.35. The molecule has 0 spiro atoms. The Balaban J connectivity index is 1.59. The fourth-order valence-corrected chi connectivity index (χ4v) is 4.02. The number of carbonyl (C=O) groups excluding carboxylic acids is 3. The molecular formula is C24H33N5O3. The zero-order chi connectivity index (χ0) is 23.3. The number of anilines is 1. The zero-order valence-corrected chi connectivity index (χ0v) is 19.1. The SMILES string of the molecule is CCCNC(=O)c1ccc(NC(=O)N2CC3=C(C2)CC(CCN(C)C)(C(N)=O)C=C3)cc1. The van der Waals surface area contributed by atoms with Crippen molar-refractivity contribution in [2.24, 2.45) is 11.1 Å². The highest BCUT2D eigenvalue weighted by atomic mass is 16.2. The van der Waals surface area contributed by atoms with Crippen LogP contribution in [0.3, 0.4) is 0 Å². The summed E-state index contributed by atoms with van der Waals surface area (Å²) in [4.78, 5) is 40.9. The highest BCUT2D eigenvalue weighted by Gasteiger charge is 2.40. The Morgan fingerprint density at radius 1 is 1.16 bits per heavy atom. The normalized spacial score (nSPS) is 19.8. The lowest BCUT2D eigenvalue weighted by Gasteiger charge is -2.32. The molecule has 0 fully saturated rings. The molecule has 0 radical (unpaired) electrons. The average molecular weight is 440 g/mol. The van der Waals surface area contributed by atoms with Gasteiger partial charge >= 0.3 is 6.03 Å². The molecule has 1 heterocycles. The lowest BCUT2D eigenvalue weighted by molar-refractivity contribution is -0.125. The number of nitrogens with zero attached hydrogens (tertiary/aromatic N) is 2. The van der Waals surface area contributed by atoms with Gasteiger partial charge in [-0.05, 0) is 75.3 Å². The van der Waals surface area contributed by atoms with Crippen molar-refractivity contribution >= 4 is 23.5 Å². The Bertz CT molecular complexity index is 935. The summed E-state index contributed by atoms with van der Waals surface area (Å²) in [6.07, 6.45) is 5.94. The first-order valence-corrected chi connectivity index (χ1v) is 11.0. The number of nitrogens with one attached hydrogen (secondary N) is 2. The molecule has 0 saturated heterocycles. The topological polar surface area (TPSA) is 108 Å². The van der Waals surface area contributed by atoms with Crippen molar-refractivity contribution in [3.63, 3.8) is 0 Å². The van der Waals surface area contributed by atoms with Crippen molar-refractivity contribution in [3.05, 3.63) is 53.1 Å². The van der Waals surface area contributed by atoms with Gasteiger partial charge in [0.05, 0.1) is 5.41 Å². The molecule has 1 aliphatic heterocycles. The van der Waals surface area contributed by atoms with E-state index >= 15 is 0 Å². The number of amides is 4. The van der Waals surface area contributed by atoms with Crippen LogP contribution >= 0.6 is 0 Å². The monoisotopic (exact) mass is 439 g/mol. The number of urea groups is 1. The predicted octanol–water partition coefficient (Wildman–Crippen LogP) is 2.35. The van der Waals surface area contributed by atoms with Crippen molar-refractivity contribution in [2.45, 2.75) is 26.2 Å². The first kappa shape index (κ1) is 23.5. The second-order valence-corrected chi connectivity index (χ2v) is 8.83. The molecule has 0 bridgehead atoms. The molecule has 1 aromatic carbocycles. The van der Waals surface area contributed by atoms with Gasteiger partial charge in [0.15, 0.2) is 0 Å². The van der Waals surface area contributed by atoms with Crippen LogP contribution in [0.15, 0.2) is 47.6 Å². The minimum Gasteiger partial charge on any atom is -0.369 e. The standard InChI is InChI=1S/C24H33N5O3/c1-4-12-26-21(30)17-5-7-20(8-6-17)27-23(32)29-15-18-9-10-24(22(25)31,11-13-28(2)3)14-19(18)16-29/h5-10H,4,11-16H2,1-3H3,(H2,25,31)(H,26,30)(H,27,32). The molecule has 172 valence electrons. The van der Waals surface area contributed by atoms with Crippen LogP contribution in [-0.4, -0.2) is 67.9 Å². The summed E-state index contributed by atoms with van der Waals surface area (Å²) in [5.74, 6) is -0.451. The Morgan fingerprint density at radius 2 is 1.88 bits per heavy atom. The number of carbonyl (C=O) groups is 3. The Morgan fingerprint density at radius 3 is 2.50 bits per heavy atom. The summed E-state index contributed by atoms with van der Waals surface area (Å²) in [5, 5.41) is 5.72. The van der Waals surface area contributed by atoms with Gasteiger partial charge in [-0.15, -0.1) is 0 Å². The molecule has 4 amide bonds. The molecule has 8 heteroatoms. The third-order valence-electron chi connectivity index (χ3n) is 6.05. The van der Waals surface area contributed by atoms with Gasteiger partial charge in [0.2, 0.25) is 5.91 Å². The van der Waals surface area contributed by atoms with Crippen LogP contribution in [-0.2, 0) is 4.79 Å². The number of primary amides is 1. The fraction of sp³-hybridized carbons (Fsp3) is 0.458. The van der Waals surface area contributed by atoms with E-state index in [1.165, 1.54) is 0 Å². The van der Waals surface area contributed by atoms with Gasteiger partial charge in [0.1, 0.15) is 0 Å². The third kappa shape index (κ3) is 5.37. The van der Waals surface area contributed by atoms with Gasteiger partial charge in [-0.2, -0.15) is 0 Å². The van der Waals surface area contributed by atoms with Gasteiger partial charge in [-0.1, -0.05) is 19.1 Å². The maximum absolute atomic E-state index is 12.8. The van der Waals surface area contributed by atoms with Crippen molar-refractivity contribution in [1.82, 2.24) is 15.1 Å². The maximum Gasteiger partial charge on any atom is 0.322 e. The molecule has 1 aromatic rings. The van der Waals surface area contributed by atoms with Gasteiger partial charge < -0.3 is 26.2 Å². The number of benzene rings is 1. The Kier molecular flexibility index (Phi) is 7.35. The number of rotatable bonds is 8. The minimum atomic E-state index is -0.705. The molecule has 1 aliphatic carbocycles. The average Bonchev–Trinajstić information content (AvgIpc) is 3.19. The van der Waals surface area contributed by atoms with Crippen molar-refractivity contribution in [3.8, 4) is 0 Å². The van der Waals surface area contributed by atoms with Crippen LogP contribution < -0.4 is 16.4 Å². The van der Waals surface area contributed by atoms with E-state index in [4.69, 9.17) is 5.73 Å². The molecule has 8 nitrogen and oxygen atoms in total. The van der Waals surface area contributed by atoms with Gasteiger partial charge in [0.25, 0.3) is 5.91 Å². The smallest absolute Gasteiger partial charge is 0.322 e. The van der Waals surface area contributed by atoms with E-state index in [0.29, 0.717) is 43.7 Å². The van der Waals surface area contributed by atoms with Crippen LogP contribution in [0.1, 0.15) is 36.5 Å². The summed E-state index contributed by atoms with van der Waals surface area (Å²) in [6, 6.07) is 6.63. The second kappa shape index (κ2) is 9.99. The van der Waals surface area contributed by atoms with Crippen LogP contribution in [0.5, 0.6) is 0 Å². The van der Waals surface area contributed by atoms with Crippen LogP contribution in [0, 0.1) is 5.41 Å². The van der Waals surface area contributed by atoms with Crippen LogP contribution in [0.25, 0.3) is 0 Å². The molecule has 1 atom stereocenters. The summed E-state index contributed by atoms with van der Waals surface area (Å²) in [7, 11) is 3.94. The van der Waals surface area contributed by atoms with Crippen LogP contribution in [0.4, 0.5) is 10.5 Å². The lowest BCUT2D eigenvalue weighted by Crippen LogP contribution is -2.39. The second-order valence-electron chi connectivity index (χ2n) is 8.83. The molecule has 32 heavy (non-hydrogen) atoms. The highest BCUT2D eigenvalue weighted by molar-refractivity contribution is 5.95. The summed E-state index contributed by atoms with van der Waals surface area (Å²) in [5.41, 5.74) is 8.41. The van der Waals surface area contributed by atoms with E-state index in [1.54, 1.807) is 29.2 Å². The van der Waals surface area contributed by atoms with E-state index < -0.39 is 5.41 Å². The van der Waals surface area contributed by atoms with Crippen LogP contribution in [0.2, 0.25) is 0 Å². The molecule has 0 aromatic heterocycles. The Labute approximate surface area is 189 Å². The molecule has 4 N–H and O–H groups in total. The molecule has 0 saturated carbocycles. The van der Waals surface area contributed by atoms with E-state index in [2.05, 4.69) is 10.6 Å². The summed E-state index contributed by atoms with van der Waals surface area (Å²) >= 11 is 0. The molecule has 2 aliphatic rings. The predicted molar refractivity (Wildman–Crippen MR) is 125 cm³/mol. The molecule has 1 unspecified atom stereocenters. The number of hydrogen-bond donors (Lipinski definition) is 3. The van der Waals surface area contributed by atoms with Gasteiger partial charge in [-0.3, -0.25) is 9.59 Å². The zero-order valence-electron chi connectivity index (χ0n) is 19.1. The van der Waals surface area contributed by atoms with E-state index in [1.807, 2.05) is 38.1 Å². The summed E-state index contributed by atoms with van der Waals surface area (Å²) < 4.78 is 0. The Hall–Kier alpha value is -3.13. The van der Waals surface area contributed by atoms with E-state index in [0.717, 1.165) is 24.1 Å². The molecular weight excluding hydrogens is 406 g/mol. The highest BCUT2D eigenvalue weighted by Crippen LogP contribution is 2.40. The largest absolute Gasteiger partial charge is 0.369 e. The first-order chi connectivity index (χ1) is 15.2. The first-order valence-electron chi connectivity index (χ1n) is 11.0. The quantitative estimate of drug-likeness (QED) is 0.578. The van der Waals surface area contributed by atoms with Gasteiger partial charge in [-0.25, -0.2) is 4.79 Å². The fourth-order valence-electron chi connectivity index (χ4n) is 4.02. The van der Waals surface area contributed by atoms with E-state index in [9.17, 15) is 14.4 Å². The van der Waals surface area contributed by atoms with Crippen molar-refractivity contribution in [2.75, 3.05) is 45.6 Å².